The van der Waals surface area contributed by atoms with Gasteiger partial charge in [0.25, 0.3) is 0 Å². The Labute approximate surface area is 74.9 Å². The summed E-state index contributed by atoms with van der Waals surface area (Å²) in [5.41, 5.74) is 0. The fourth-order valence-electron chi connectivity index (χ4n) is 3.02. The van der Waals surface area contributed by atoms with Crippen molar-refractivity contribution >= 4 is 0 Å². The fourth-order valence-corrected chi connectivity index (χ4v) is 3.02. The van der Waals surface area contributed by atoms with Crippen LogP contribution in [-0.2, 0) is 4.74 Å². The highest BCUT2D eigenvalue weighted by molar-refractivity contribution is 4.92. The normalized spacial score (nSPS) is 42.0. The monoisotopic (exact) mass is 169 g/mol. The van der Waals surface area contributed by atoms with Gasteiger partial charge in [-0.2, -0.15) is 0 Å². The summed E-state index contributed by atoms with van der Waals surface area (Å²) in [6.45, 7) is 3.61. The first-order valence-electron chi connectivity index (χ1n) is 4.98. The van der Waals surface area contributed by atoms with Gasteiger partial charge in [0, 0.05) is 26.8 Å². The van der Waals surface area contributed by atoms with Crippen LogP contribution in [0, 0.1) is 17.8 Å². The van der Waals surface area contributed by atoms with Crippen molar-refractivity contribution in [1.29, 1.82) is 0 Å². The smallest absolute Gasteiger partial charge is 0.0493 e. The molecule has 0 unspecified atom stereocenters. The van der Waals surface area contributed by atoms with Gasteiger partial charge in [-0.25, -0.2) is 0 Å². The lowest BCUT2D eigenvalue weighted by Gasteiger charge is -2.17. The lowest BCUT2D eigenvalue weighted by molar-refractivity contribution is 0.129. The Morgan fingerprint density at radius 2 is 2.17 bits per heavy atom. The van der Waals surface area contributed by atoms with Gasteiger partial charge in [0.05, 0.1) is 0 Å². The minimum atomic E-state index is 0.852. The van der Waals surface area contributed by atoms with Crippen molar-refractivity contribution in [2.45, 2.75) is 12.8 Å². The lowest BCUT2D eigenvalue weighted by atomic mass is 9.93. The molecule has 2 heteroatoms. The Balaban J connectivity index is 1.94. The van der Waals surface area contributed by atoms with Crippen LogP contribution in [-0.4, -0.2) is 38.8 Å². The highest BCUT2D eigenvalue weighted by Gasteiger charge is 2.40. The van der Waals surface area contributed by atoms with E-state index in [-0.39, 0.29) is 0 Å². The Morgan fingerprint density at radius 3 is 2.92 bits per heavy atom. The van der Waals surface area contributed by atoms with E-state index in [0.29, 0.717) is 0 Å². The number of methoxy groups -OCH3 is 1. The number of fused-ring (bicyclic) bond motifs is 1. The molecule has 12 heavy (non-hydrogen) atoms. The van der Waals surface area contributed by atoms with Crippen molar-refractivity contribution in [3.8, 4) is 0 Å². The highest BCUT2D eigenvalue weighted by atomic mass is 16.5. The third-order valence-electron chi connectivity index (χ3n) is 3.57. The zero-order valence-corrected chi connectivity index (χ0v) is 8.12. The number of rotatable bonds is 2. The van der Waals surface area contributed by atoms with Crippen LogP contribution in [0.15, 0.2) is 0 Å². The molecule has 0 bridgehead atoms. The molecule has 0 N–H and O–H groups in total. The van der Waals surface area contributed by atoms with E-state index in [1.807, 2.05) is 7.11 Å². The fraction of sp³-hybridized carbons (Fsp3) is 1.00. The molecule has 3 atom stereocenters. The van der Waals surface area contributed by atoms with Crippen molar-refractivity contribution in [1.82, 2.24) is 4.90 Å². The average Bonchev–Trinajstić information content (AvgIpc) is 2.52. The van der Waals surface area contributed by atoms with Gasteiger partial charge in [-0.15, -0.1) is 0 Å². The largest absolute Gasteiger partial charge is 0.384 e. The van der Waals surface area contributed by atoms with Crippen molar-refractivity contribution in [3.05, 3.63) is 0 Å². The second kappa shape index (κ2) is 3.35. The predicted octanol–water partition coefficient (Wildman–Crippen LogP) is 1.22. The number of ether oxygens (including phenoxy) is 1. The Hall–Kier alpha value is -0.0800. The molecule has 0 amide bonds. The van der Waals surface area contributed by atoms with E-state index in [9.17, 15) is 0 Å². The SMILES string of the molecule is COC[C@@H]1CC[C@H]2CN(C)C[C@H]12. The van der Waals surface area contributed by atoms with Gasteiger partial charge in [-0.05, 0) is 37.6 Å². The van der Waals surface area contributed by atoms with E-state index >= 15 is 0 Å². The van der Waals surface area contributed by atoms with E-state index in [2.05, 4.69) is 11.9 Å². The predicted molar refractivity (Wildman–Crippen MR) is 49.1 cm³/mol. The second-order valence-electron chi connectivity index (χ2n) is 4.44. The quantitative estimate of drug-likeness (QED) is 0.616. The topological polar surface area (TPSA) is 12.5 Å². The third-order valence-corrected chi connectivity index (χ3v) is 3.57. The lowest BCUT2D eigenvalue weighted by Crippen LogP contribution is -2.21. The van der Waals surface area contributed by atoms with Crippen LogP contribution in [0.3, 0.4) is 0 Å². The zero-order valence-electron chi connectivity index (χ0n) is 8.12. The molecule has 0 radical (unpaired) electrons. The first-order chi connectivity index (χ1) is 5.81. The Kier molecular flexibility index (Phi) is 2.37. The first-order valence-corrected chi connectivity index (χ1v) is 4.98. The van der Waals surface area contributed by atoms with Gasteiger partial charge < -0.3 is 9.64 Å². The van der Waals surface area contributed by atoms with Crippen LogP contribution < -0.4 is 0 Å². The molecule has 0 aromatic carbocycles. The maximum atomic E-state index is 5.25. The summed E-state index contributed by atoms with van der Waals surface area (Å²) in [6, 6.07) is 0. The molecular weight excluding hydrogens is 150 g/mol. The first kappa shape index (κ1) is 8.52. The summed E-state index contributed by atoms with van der Waals surface area (Å²) in [5.74, 6) is 2.77. The molecule has 1 heterocycles. The minimum Gasteiger partial charge on any atom is -0.384 e. The van der Waals surface area contributed by atoms with Gasteiger partial charge in [-0.1, -0.05) is 0 Å². The van der Waals surface area contributed by atoms with E-state index < -0.39 is 0 Å². The molecule has 0 spiro atoms. The van der Waals surface area contributed by atoms with Crippen LogP contribution >= 0.6 is 0 Å². The number of hydrogen-bond donors (Lipinski definition) is 0. The molecule has 1 aliphatic carbocycles. The number of likely N-dealkylation sites (tertiary alicyclic amines) is 1. The summed E-state index contributed by atoms with van der Waals surface area (Å²) in [7, 11) is 4.06. The molecular formula is C10H19NO. The van der Waals surface area contributed by atoms with E-state index in [1.54, 1.807) is 0 Å². The van der Waals surface area contributed by atoms with E-state index in [0.717, 1.165) is 24.4 Å². The van der Waals surface area contributed by atoms with Gasteiger partial charge in [0.1, 0.15) is 0 Å². The third kappa shape index (κ3) is 1.38. The molecule has 2 aliphatic rings. The highest BCUT2D eigenvalue weighted by Crippen LogP contribution is 2.41. The molecule has 2 rings (SSSR count). The van der Waals surface area contributed by atoms with Gasteiger partial charge in [0.2, 0.25) is 0 Å². The van der Waals surface area contributed by atoms with Crippen molar-refractivity contribution in [2.24, 2.45) is 17.8 Å². The van der Waals surface area contributed by atoms with Crippen molar-refractivity contribution in [2.75, 3.05) is 33.9 Å². The maximum Gasteiger partial charge on any atom is 0.0493 e. The summed E-state index contributed by atoms with van der Waals surface area (Å²) >= 11 is 0. The molecule has 1 aliphatic heterocycles. The Morgan fingerprint density at radius 1 is 1.33 bits per heavy atom. The molecule has 1 saturated carbocycles. The van der Waals surface area contributed by atoms with E-state index in [4.69, 9.17) is 4.74 Å². The van der Waals surface area contributed by atoms with Crippen LogP contribution in [0.25, 0.3) is 0 Å². The van der Waals surface area contributed by atoms with Gasteiger partial charge in [0.15, 0.2) is 0 Å². The van der Waals surface area contributed by atoms with Crippen LogP contribution in [0.5, 0.6) is 0 Å². The second-order valence-corrected chi connectivity index (χ2v) is 4.44. The van der Waals surface area contributed by atoms with Crippen LogP contribution in [0.2, 0.25) is 0 Å². The maximum absolute atomic E-state index is 5.25. The molecule has 0 aromatic rings. The molecule has 1 saturated heterocycles. The van der Waals surface area contributed by atoms with Crippen molar-refractivity contribution < 1.29 is 4.74 Å². The van der Waals surface area contributed by atoms with Gasteiger partial charge in [-0.3, -0.25) is 0 Å². The van der Waals surface area contributed by atoms with E-state index in [1.165, 1.54) is 25.9 Å². The molecule has 2 fully saturated rings. The van der Waals surface area contributed by atoms with Gasteiger partial charge >= 0.3 is 0 Å². The molecule has 2 nitrogen and oxygen atoms in total. The summed E-state index contributed by atoms with van der Waals surface area (Å²) in [6.07, 6.45) is 2.83. The van der Waals surface area contributed by atoms with Crippen LogP contribution in [0.1, 0.15) is 12.8 Å². The number of nitrogens with zero attached hydrogens (tertiary/aromatic N) is 1. The number of hydrogen-bond acceptors (Lipinski definition) is 2. The van der Waals surface area contributed by atoms with Crippen LogP contribution in [0.4, 0.5) is 0 Å². The average molecular weight is 169 g/mol. The zero-order chi connectivity index (χ0) is 8.55. The summed E-state index contributed by atoms with van der Waals surface area (Å²) in [4.78, 5) is 2.47. The molecule has 0 aromatic heterocycles. The van der Waals surface area contributed by atoms with Crippen molar-refractivity contribution in [3.63, 3.8) is 0 Å². The standard InChI is InChI=1S/C10H19NO/c1-11-5-8-3-4-9(7-12-2)10(8)6-11/h8-10H,3-7H2,1-2H3/t8-,9-,10-/m0/s1. The minimum absolute atomic E-state index is 0.852. The molecule has 70 valence electrons. The Bertz CT molecular complexity index is 158. The summed E-state index contributed by atoms with van der Waals surface area (Å²) in [5, 5.41) is 0. The summed E-state index contributed by atoms with van der Waals surface area (Å²) < 4.78 is 5.25.